The zero-order chi connectivity index (χ0) is 6.97. The van der Waals surface area contributed by atoms with Gasteiger partial charge in [-0.25, -0.2) is 4.98 Å². The molecule has 4 nitrogen and oxygen atoms in total. The Morgan fingerprint density at radius 2 is 2.30 bits per heavy atom. The third-order valence-corrected chi connectivity index (χ3v) is 1.75. The molecule has 0 aliphatic rings. The Morgan fingerprint density at radius 3 is 3.10 bits per heavy atom. The van der Waals surface area contributed by atoms with Crippen molar-refractivity contribution in [1.82, 2.24) is 15.1 Å². The second-order valence-corrected chi connectivity index (χ2v) is 2.46. The highest BCUT2D eigenvalue weighted by molar-refractivity contribution is 9.10. The molecule has 0 N–H and O–H groups in total. The predicted molar refractivity (Wildman–Crippen MR) is 37.3 cm³/mol. The lowest BCUT2D eigenvalue weighted by molar-refractivity contribution is 0.448. The van der Waals surface area contributed by atoms with Crippen LogP contribution in [0.2, 0.25) is 0 Å². The molecule has 0 unspecified atom stereocenters. The summed E-state index contributed by atoms with van der Waals surface area (Å²) < 4.78 is 5.47. The lowest BCUT2D eigenvalue weighted by Crippen LogP contribution is -1.77. The summed E-state index contributed by atoms with van der Waals surface area (Å²) >= 11 is 3.22. The van der Waals surface area contributed by atoms with Gasteiger partial charge < -0.3 is 4.52 Å². The number of aromatic nitrogens is 3. The van der Waals surface area contributed by atoms with Crippen LogP contribution in [-0.2, 0) is 0 Å². The van der Waals surface area contributed by atoms with Crippen LogP contribution in [0.5, 0.6) is 0 Å². The van der Waals surface area contributed by atoms with Crippen molar-refractivity contribution in [2.45, 2.75) is 0 Å². The number of rotatable bonds is 0. The van der Waals surface area contributed by atoms with Crippen LogP contribution in [0.3, 0.4) is 0 Å². The van der Waals surface area contributed by atoms with E-state index in [-0.39, 0.29) is 0 Å². The second kappa shape index (κ2) is 2.02. The van der Waals surface area contributed by atoms with Crippen LogP contribution in [0.25, 0.3) is 11.1 Å². The molecule has 5 heteroatoms. The largest absolute Gasteiger partial charge is 0.336 e. The standard InChI is InChI=1S/C5H2BrN3O/c6-4-3-1-9-10-5(3)8-2-7-4/h1-2H. The summed E-state index contributed by atoms with van der Waals surface area (Å²) in [5.74, 6) is 0. The summed E-state index contributed by atoms with van der Waals surface area (Å²) in [6.07, 6.45) is 2.98. The van der Waals surface area contributed by atoms with Gasteiger partial charge in [0.2, 0.25) is 0 Å². The van der Waals surface area contributed by atoms with Crippen molar-refractivity contribution >= 4 is 27.0 Å². The highest BCUT2D eigenvalue weighted by atomic mass is 79.9. The van der Waals surface area contributed by atoms with Crippen LogP contribution in [0.1, 0.15) is 0 Å². The zero-order valence-corrected chi connectivity index (χ0v) is 6.37. The highest BCUT2D eigenvalue weighted by Gasteiger charge is 2.02. The fraction of sp³-hybridized carbons (Fsp3) is 0. The average Bonchev–Trinajstić information content (AvgIpc) is 2.36. The van der Waals surface area contributed by atoms with Crippen molar-refractivity contribution in [3.63, 3.8) is 0 Å². The summed E-state index contributed by atoms with van der Waals surface area (Å²) in [7, 11) is 0. The van der Waals surface area contributed by atoms with Crippen molar-refractivity contribution in [3.05, 3.63) is 17.1 Å². The van der Waals surface area contributed by atoms with Crippen LogP contribution in [0.4, 0.5) is 0 Å². The van der Waals surface area contributed by atoms with Gasteiger partial charge in [0, 0.05) is 0 Å². The molecule has 10 heavy (non-hydrogen) atoms. The number of nitrogens with zero attached hydrogens (tertiary/aromatic N) is 3. The number of fused-ring (bicyclic) bond motifs is 1. The molecule has 2 aromatic rings. The van der Waals surface area contributed by atoms with Crippen molar-refractivity contribution in [2.24, 2.45) is 0 Å². The van der Waals surface area contributed by atoms with E-state index in [0.29, 0.717) is 10.3 Å². The maximum absolute atomic E-state index is 4.77. The molecule has 0 aromatic carbocycles. The first-order valence-corrected chi connectivity index (χ1v) is 3.38. The molecule has 0 saturated carbocycles. The van der Waals surface area contributed by atoms with E-state index in [9.17, 15) is 0 Å². The Labute approximate surface area is 64.4 Å². The zero-order valence-electron chi connectivity index (χ0n) is 4.78. The van der Waals surface area contributed by atoms with Gasteiger partial charge in [-0.15, -0.1) is 0 Å². The molecule has 50 valence electrons. The molecule has 0 saturated heterocycles. The Hall–Kier alpha value is -0.970. The lowest BCUT2D eigenvalue weighted by atomic mass is 10.5. The minimum absolute atomic E-state index is 0.502. The Balaban J connectivity index is 2.95. The van der Waals surface area contributed by atoms with Gasteiger partial charge in [-0.1, -0.05) is 5.16 Å². The first-order chi connectivity index (χ1) is 4.88. The summed E-state index contributed by atoms with van der Waals surface area (Å²) in [5.41, 5.74) is 0.502. The third kappa shape index (κ3) is 0.706. The number of hydrogen-bond acceptors (Lipinski definition) is 4. The van der Waals surface area contributed by atoms with Gasteiger partial charge in [0.25, 0.3) is 5.71 Å². The quantitative estimate of drug-likeness (QED) is 0.602. The smallest absolute Gasteiger partial charge is 0.261 e. The van der Waals surface area contributed by atoms with Crippen molar-refractivity contribution in [2.75, 3.05) is 0 Å². The first kappa shape index (κ1) is 5.79. The van der Waals surface area contributed by atoms with E-state index in [1.54, 1.807) is 6.20 Å². The van der Waals surface area contributed by atoms with Gasteiger partial charge in [0.1, 0.15) is 10.9 Å². The molecule has 2 heterocycles. The molecule has 2 aromatic heterocycles. The maximum atomic E-state index is 4.77. The molecule has 0 radical (unpaired) electrons. The molecule has 0 aliphatic heterocycles. The minimum Gasteiger partial charge on any atom is -0.336 e. The van der Waals surface area contributed by atoms with E-state index in [0.717, 1.165) is 5.39 Å². The molecular formula is C5H2BrN3O. The van der Waals surface area contributed by atoms with Crippen molar-refractivity contribution in [1.29, 1.82) is 0 Å². The van der Waals surface area contributed by atoms with Gasteiger partial charge >= 0.3 is 0 Å². The van der Waals surface area contributed by atoms with Crippen LogP contribution >= 0.6 is 15.9 Å². The van der Waals surface area contributed by atoms with E-state index in [1.165, 1.54) is 6.33 Å². The number of halogens is 1. The summed E-state index contributed by atoms with van der Waals surface area (Å²) in [6, 6.07) is 0. The second-order valence-electron chi connectivity index (χ2n) is 1.71. The normalized spacial score (nSPS) is 10.5. The van der Waals surface area contributed by atoms with Crippen LogP contribution in [-0.4, -0.2) is 15.1 Å². The van der Waals surface area contributed by atoms with Crippen LogP contribution in [0, 0.1) is 0 Å². The molecule has 2 rings (SSSR count). The Morgan fingerprint density at radius 1 is 1.40 bits per heavy atom. The van der Waals surface area contributed by atoms with E-state index in [1.807, 2.05) is 0 Å². The summed E-state index contributed by atoms with van der Waals surface area (Å²) in [4.78, 5) is 7.72. The summed E-state index contributed by atoms with van der Waals surface area (Å²) in [6.45, 7) is 0. The molecule has 0 amide bonds. The first-order valence-electron chi connectivity index (χ1n) is 2.59. The molecule has 0 aliphatic carbocycles. The molecular weight excluding hydrogens is 198 g/mol. The Kier molecular flexibility index (Phi) is 1.17. The summed E-state index contributed by atoms with van der Waals surface area (Å²) in [5, 5.41) is 4.35. The third-order valence-electron chi connectivity index (χ3n) is 1.12. The van der Waals surface area contributed by atoms with E-state index < -0.39 is 0 Å². The van der Waals surface area contributed by atoms with Gasteiger partial charge in [0.05, 0.1) is 11.6 Å². The fourth-order valence-electron chi connectivity index (χ4n) is 0.670. The monoisotopic (exact) mass is 199 g/mol. The van der Waals surface area contributed by atoms with Gasteiger partial charge in [-0.05, 0) is 15.9 Å². The molecule has 0 spiro atoms. The average molecular weight is 200 g/mol. The van der Waals surface area contributed by atoms with Gasteiger partial charge in [-0.2, -0.15) is 4.98 Å². The molecule has 0 fully saturated rings. The van der Waals surface area contributed by atoms with Gasteiger partial charge in [0.15, 0.2) is 0 Å². The van der Waals surface area contributed by atoms with Crippen LogP contribution < -0.4 is 0 Å². The molecule has 0 atom stereocenters. The maximum Gasteiger partial charge on any atom is 0.261 e. The SMILES string of the molecule is Brc1ncnc2oncc12. The van der Waals surface area contributed by atoms with Crippen LogP contribution in [0.15, 0.2) is 21.7 Å². The predicted octanol–water partition coefficient (Wildman–Crippen LogP) is 1.38. The Bertz CT molecular complexity index is 358. The topological polar surface area (TPSA) is 51.8 Å². The van der Waals surface area contributed by atoms with Crippen molar-refractivity contribution in [3.8, 4) is 0 Å². The van der Waals surface area contributed by atoms with Crippen molar-refractivity contribution < 1.29 is 4.52 Å². The lowest BCUT2D eigenvalue weighted by Gasteiger charge is -1.85. The fourth-order valence-corrected chi connectivity index (χ4v) is 1.03. The van der Waals surface area contributed by atoms with E-state index >= 15 is 0 Å². The molecule has 0 bridgehead atoms. The highest BCUT2D eigenvalue weighted by Crippen LogP contribution is 2.17. The van der Waals surface area contributed by atoms with E-state index in [4.69, 9.17) is 4.52 Å². The minimum atomic E-state index is 0.502. The van der Waals surface area contributed by atoms with Gasteiger partial charge in [-0.3, -0.25) is 0 Å². The van der Waals surface area contributed by atoms with E-state index in [2.05, 4.69) is 31.1 Å². The number of hydrogen-bond donors (Lipinski definition) is 0.